The number of hydrogen-bond donors (Lipinski definition) is 2. The van der Waals surface area contributed by atoms with Gasteiger partial charge in [0, 0.05) is 41.8 Å². The molecule has 4 aromatic rings. The highest BCUT2D eigenvalue weighted by Crippen LogP contribution is 2.29. The lowest BCUT2D eigenvalue weighted by molar-refractivity contribution is 0.102. The van der Waals surface area contributed by atoms with Crippen molar-refractivity contribution in [3.05, 3.63) is 65.6 Å². The number of aromatic nitrogens is 3. The number of para-hydroxylation sites is 1. The maximum absolute atomic E-state index is 13.4. The standard InChI is InChI=1S/C22H21N5O/c1-2-27-10-9-18-16(12-27)21(15-5-3-4-6-17(15)26-18)22(28)25-14-7-8-19-20(11-14)24-13-23-19/h3-8,11,13H,2,9-10,12H2,1H3,(H,23,24)(H,25,28). The number of hydrogen-bond acceptors (Lipinski definition) is 4. The minimum absolute atomic E-state index is 0.0910. The first-order chi connectivity index (χ1) is 13.7. The molecule has 0 aliphatic carbocycles. The number of nitrogens with zero attached hydrogens (tertiary/aromatic N) is 3. The molecule has 0 atom stereocenters. The molecule has 2 aromatic carbocycles. The van der Waals surface area contributed by atoms with Gasteiger partial charge in [-0.3, -0.25) is 14.7 Å². The molecule has 0 fully saturated rings. The zero-order chi connectivity index (χ0) is 19.1. The van der Waals surface area contributed by atoms with Gasteiger partial charge in [-0.1, -0.05) is 25.1 Å². The summed E-state index contributed by atoms with van der Waals surface area (Å²) in [7, 11) is 0. The summed E-state index contributed by atoms with van der Waals surface area (Å²) in [5, 5.41) is 3.98. The second kappa shape index (κ2) is 6.73. The number of likely N-dealkylation sites (N-methyl/N-ethyl adjacent to an activating group) is 1. The van der Waals surface area contributed by atoms with E-state index in [-0.39, 0.29) is 5.91 Å². The second-order valence-electron chi connectivity index (χ2n) is 7.14. The Balaban J connectivity index is 1.60. The fourth-order valence-corrected chi connectivity index (χ4v) is 3.98. The summed E-state index contributed by atoms with van der Waals surface area (Å²) < 4.78 is 0. The summed E-state index contributed by atoms with van der Waals surface area (Å²) >= 11 is 0. The van der Waals surface area contributed by atoms with E-state index < -0.39 is 0 Å². The molecule has 0 radical (unpaired) electrons. The molecule has 0 saturated carbocycles. The van der Waals surface area contributed by atoms with E-state index in [1.807, 2.05) is 42.5 Å². The Hall–Kier alpha value is -3.25. The molecule has 0 unspecified atom stereocenters. The van der Waals surface area contributed by atoms with Gasteiger partial charge in [-0.2, -0.15) is 0 Å². The van der Waals surface area contributed by atoms with Crippen molar-refractivity contribution in [3.8, 4) is 0 Å². The lowest BCUT2D eigenvalue weighted by Gasteiger charge is -2.29. The van der Waals surface area contributed by atoms with Gasteiger partial charge in [-0.25, -0.2) is 4.98 Å². The first-order valence-electron chi connectivity index (χ1n) is 9.60. The van der Waals surface area contributed by atoms with E-state index in [1.54, 1.807) is 6.33 Å². The second-order valence-corrected chi connectivity index (χ2v) is 7.14. The van der Waals surface area contributed by atoms with Gasteiger partial charge in [-0.15, -0.1) is 0 Å². The molecule has 1 amide bonds. The number of carbonyl (C=O) groups is 1. The normalized spacial score (nSPS) is 14.3. The van der Waals surface area contributed by atoms with Crippen LogP contribution in [0.25, 0.3) is 21.9 Å². The molecule has 3 heterocycles. The van der Waals surface area contributed by atoms with E-state index in [1.165, 1.54) is 0 Å². The van der Waals surface area contributed by atoms with Crippen LogP contribution in [0.3, 0.4) is 0 Å². The summed E-state index contributed by atoms with van der Waals surface area (Å²) in [6.45, 7) is 4.85. The number of nitrogens with one attached hydrogen (secondary N) is 2. The van der Waals surface area contributed by atoms with Crippen molar-refractivity contribution in [3.63, 3.8) is 0 Å². The molecule has 140 valence electrons. The van der Waals surface area contributed by atoms with Crippen LogP contribution in [0, 0.1) is 0 Å². The number of H-pyrrole nitrogens is 1. The van der Waals surface area contributed by atoms with Crippen molar-refractivity contribution in [1.82, 2.24) is 19.9 Å². The predicted molar refractivity (Wildman–Crippen MR) is 110 cm³/mol. The number of rotatable bonds is 3. The highest BCUT2D eigenvalue weighted by Gasteiger charge is 2.25. The van der Waals surface area contributed by atoms with Crippen molar-refractivity contribution in [2.45, 2.75) is 19.9 Å². The highest BCUT2D eigenvalue weighted by molar-refractivity contribution is 6.14. The van der Waals surface area contributed by atoms with Crippen LogP contribution in [0.5, 0.6) is 0 Å². The van der Waals surface area contributed by atoms with Gasteiger partial charge in [0.2, 0.25) is 0 Å². The largest absolute Gasteiger partial charge is 0.345 e. The Morgan fingerprint density at radius 3 is 3.00 bits per heavy atom. The fourth-order valence-electron chi connectivity index (χ4n) is 3.98. The molecule has 6 nitrogen and oxygen atoms in total. The van der Waals surface area contributed by atoms with Gasteiger partial charge < -0.3 is 10.3 Å². The van der Waals surface area contributed by atoms with Gasteiger partial charge in [-0.05, 0) is 30.8 Å². The van der Waals surface area contributed by atoms with Crippen molar-refractivity contribution < 1.29 is 4.79 Å². The fraction of sp³-hybridized carbons (Fsp3) is 0.227. The molecule has 2 N–H and O–H groups in total. The first-order valence-corrected chi connectivity index (χ1v) is 9.60. The van der Waals surface area contributed by atoms with E-state index in [9.17, 15) is 4.79 Å². The zero-order valence-corrected chi connectivity index (χ0v) is 15.7. The quantitative estimate of drug-likeness (QED) is 0.575. The molecule has 0 saturated heterocycles. The van der Waals surface area contributed by atoms with Crippen molar-refractivity contribution >= 4 is 33.5 Å². The minimum atomic E-state index is -0.0910. The molecule has 1 aliphatic heterocycles. The summed E-state index contributed by atoms with van der Waals surface area (Å²) in [6, 6.07) is 13.6. The molecule has 5 rings (SSSR count). The summed E-state index contributed by atoms with van der Waals surface area (Å²) in [5.41, 5.74) is 6.23. The smallest absolute Gasteiger partial charge is 0.256 e. The van der Waals surface area contributed by atoms with Crippen molar-refractivity contribution in [2.24, 2.45) is 0 Å². The molecule has 6 heteroatoms. The van der Waals surface area contributed by atoms with E-state index >= 15 is 0 Å². The molecule has 0 bridgehead atoms. The van der Waals surface area contributed by atoms with Crippen LogP contribution < -0.4 is 5.32 Å². The van der Waals surface area contributed by atoms with Crippen LogP contribution in [-0.4, -0.2) is 38.8 Å². The van der Waals surface area contributed by atoms with E-state index in [2.05, 4.69) is 27.1 Å². The minimum Gasteiger partial charge on any atom is -0.345 e. The van der Waals surface area contributed by atoms with Gasteiger partial charge in [0.15, 0.2) is 0 Å². The number of benzene rings is 2. The topological polar surface area (TPSA) is 73.9 Å². The van der Waals surface area contributed by atoms with Gasteiger partial charge in [0.1, 0.15) is 0 Å². The average Bonchev–Trinajstić information content (AvgIpc) is 3.19. The van der Waals surface area contributed by atoms with Crippen LogP contribution in [0.2, 0.25) is 0 Å². The SMILES string of the molecule is CCN1CCc2nc3ccccc3c(C(=O)Nc3ccc4nc[nH]c4c3)c2C1. The Kier molecular flexibility index (Phi) is 4.06. The van der Waals surface area contributed by atoms with E-state index in [0.29, 0.717) is 0 Å². The molecule has 28 heavy (non-hydrogen) atoms. The third-order valence-corrected chi connectivity index (χ3v) is 5.48. The first kappa shape index (κ1) is 16.9. The third-order valence-electron chi connectivity index (χ3n) is 5.48. The monoisotopic (exact) mass is 371 g/mol. The number of fused-ring (bicyclic) bond motifs is 3. The van der Waals surface area contributed by atoms with Crippen molar-refractivity contribution in [2.75, 3.05) is 18.4 Å². The Labute approximate surface area is 162 Å². The van der Waals surface area contributed by atoms with Crippen LogP contribution >= 0.6 is 0 Å². The van der Waals surface area contributed by atoms with Crippen molar-refractivity contribution in [1.29, 1.82) is 0 Å². The van der Waals surface area contributed by atoms with Crippen LogP contribution in [-0.2, 0) is 13.0 Å². The molecule has 0 spiro atoms. The lowest BCUT2D eigenvalue weighted by atomic mass is 9.95. The number of anilines is 1. The van der Waals surface area contributed by atoms with Gasteiger partial charge in [0.05, 0.1) is 28.4 Å². The maximum atomic E-state index is 13.4. The Bertz CT molecular complexity index is 1200. The lowest BCUT2D eigenvalue weighted by Crippen LogP contribution is -2.33. The average molecular weight is 371 g/mol. The molecule has 1 aliphatic rings. The van der Waals surface area contributed by atoms with E-state index in [0.717, 1.165) is 70.5 Å². The van der Waals surface area contributed by atoms with Gasteiger partial charge >= 0.3 is 0 Å². The summed E-state index contributed by atoms with van der Waals surface area (Å²) in [4.78, 5) is 27.9. The van der Waals surface area contributed by atoms with Crippen LogP contribution in [0.1, 0.15) is 28.5 Å². The van der Waals surface area contributed by atoms with Gasteiger partial charge in [0.25, 0.3) is 5.91 Å². The highest BCUT2D eigenvalue weighted by atomic mass is 16.1. The molecular weight excluding hydrogens is 350 g/mol. The predicted octanol–water partition coefficient (Wildman–Crippen LogP) is 3.74. The van der Waals surface area contributed by atoms with Crippen LogP contribution in [0.4, 0.5) is 5.69 Å². The third kappa shape index (κ3) is 2.82. The Morgan fingerprint density at radius 2 is 2.11 bits per heavy atom. The summed E-state index contributed by atoms with van der Waals surface area (Å²) in [5.74, 6) is -0.0910. The molecule has 2 aromatic heterocycles. The number of amides is 1. The number of pyridine rings is 1. The number of imidazole rings is 1. The maximum Gasteiger partial charge on any atom is 0.256 e. The van der Waals surface area contributed by atoms with E-state index in [4.69, 9.17) is 4.98 Å². The zero-order valence-electron chi connectivity index (χ0n) is 15.7. The number of aromatic amines is 1. The molecular formula is C22H21N5O. The van der Waals surface area contributed by atoms with Crippen LogP contribution in [0.15, 0.2) is 48.8 Å². The Morgan fingerprint density at radius 1 is 1.21 bits per heavy atom. The summed E-state index contributed by atoms with van der Waals surface area (Å²) in [6.07, 6.45) is 2.52. The number of carbonyl (C=O) groups excluding carboxylic acids is 1.